The van der Waals surface area contributed by atoms with Crippen LogP contribution in [0, 0.1) is 0 Å². The van der Waals surface area contributed by atoms with Crippen molar-refractivity contribution in [2.24, 2.45) is 0 Å². The topological polar surface area (TPSA) is 67.2 Å². The molecule has 5 heteroatoms. The number of carbonyl (C=O) groups excluding carboxylic acids is 1. The van der Waals surface area contributed by atoms with Crippen LogP contribution in [0.1, 0.15) is 6.92 Å². The highest BCUT2D eigenvalue weighted by atomic mass is 16.5. The standard InChI is InChI=1S/C8H11N3O2/c1-3-6(2)9-8(12)10-7-4-5-13-11-7/h3-6H,1H2,2H3,(H2,9,10,11,12). The number of rotatable bonds is 3. The number of amides is 2. The first-order valence-corrected chi connectivity index (χ1v) is 3.83. The molecule has 0 aliphatic heterocycles. The smallest absolute Gasteiger partial charge is 0.320 e. The molecule has 0 saturated heterocycles. The average molecular weight is 181 g/mol. The summed E-state index contributed by atoms with van der Waals surface area (Å²) in [4.78, 5) is 11.1. The molecule has 0 spiro atoms. The minimum atomic E-state index is -0.332. The molecule has 0 bridgehead atoms. The van der Waals surface area contributed by atoms with Gasteiger partial charge in [-0.05, 0) is 6.92 Å². The fourth-order valence-electron chi connectivity index (χ4n) is 0.695. The highest BCUT2D eigenvalue weighted by Gasteiger charge is 2.04. The van der Waals surface area contributed by atoms with Gasteiger partial charge in [0, 0.05) is 12.1 Å². The van der Waals surface area contributed by atoms with E-state index in [-0.39, 0.29) is 12.1 Å². The summed E-state index contributed by atoms with van der Waals surface area (Å²) in [7, 11) is 0. The van der Waals surface area contributed by atoms with Crippen molar-refractivity contribution >= 4 is 11.8 Å². The van der Waals surface area contributed by atoms with Gasteiger partial charge in [-0.3, -0.25) is 5.32 Å². The van der Waals surface area contributed by atoms with Crippen molar-refractivity contribution in [3.63, 3.8) is 0 Å². The largest absolute Gasteiger partial charge is 0.363 e. The van der Waals surface area contributed by atoms with Crippen LogP contribution in [0.4, 0.5) is 10.6 Å². The van der Waals surface area contributed by atoms with E-state index in [2.05, 4.69) is 26.9 Å². The minimum Gasteiger partial charge on any atom is -0.363 e. The fourth-order valence-corrected chi connectivity index (χ4v) is 0.695. The molecule has 0 radical (unpaired) electrons. The molecule has 2 amide bonds. The lowest BCUT2D eigenvalue weighted by molar-refractivity contribution is 0.250. The first-order valence-electron chi connectivity index (χ1n) is 3.83. The quantitative estimate of drug-likeness (QED) is 0.692. The monoisotopic (exact) mass is 181 g/mol. The summed E-state index contributed by atoms with van der Waals surface area (Å²) < 4.78 is 4.53. The Bertz CT molecular complexity index is 282. The third kappa shape index (κ3) is 2.98. The molecule has 0 aliphatic rings. The van der Waals surface area contributed by atoms with Crippen LogP contribution in [0.15, 0.2) is 29.5 Å². The van der Waals surface area contributed by atoms with Gasteiger partial charge in [0.1, 0.15) is 6.26 Å². The maximum Gasteiger partial charge on any atom is 0.320 e. The molecule has 1 heterocycles. The second kappa shape index (κ2) is 4.30. The van der Waals surface area contributed by atoms with Crippen LogP contribution in [0.5, 0.6) is 0 Å². The molecule has 70 valence electrons. The van der Waals surface area contributed by atoms with E-state index in [1.807, 2.05) is 6.92 Å². The Morgan fingerprint density at radius 3 is 3.15 bits per heavy atom. The summed E-state index contributed by atoms with van der Waals surface area (Å²) in [5.41, 5.74) is 0. The summed E-state index contributed by atoms with van der Waals surface area (Å²) in [6.45, 7) is 5.35. The van der Waals surface area contributed by atoms with E-state index in [0.29, 0.717) is 5.82 Å². The lowest BCUT2D eigenvalue weighted by atomic mass is 10.3. The number of carbonyl (C=O) groups is 1. The molecule has 1 aromatic rings. The lowest BCUT2D eigenvalue weighted by Gasteiger charge is -2.08. The first kappa shape index (κ1) is 9.31. The molecule has 0 aliphatic carbocycles. The molecule has 1 unspecified atom stereocenters. The van der Waals surface area contributed by atoms with E-state index in [0.717, 1.165) is 0 Å². The van der Waals surface area contributed by atoms with Crippen LogP contribution in [0.2, 0.25) is 0 Å². The van der Waals surface area contributed by atoms with Crippen LogP contribution in [0.25, 0.3) is 0 Å². The van der Waals surface area contributed by atoms with E-state index in [1.165, 1.54) is 6.26 Å². The van der Waals surface area contributed by atoms with Gasteiger partial charge in [-0.25, -0.2) is 4.79 Å². The summed E-state index contributed by atoms with van der Waals surface area (Å²) in [5, 5.41) is 8.62. The van der Waals surface area contributed by atoms with Crippen molar-refractivity contribution in [3.8, 4) is 0 Å². The second-order valence-corrected chi connectivity index (χ2v) is 2.51. The zero-order valence-corrected chi connectivity index (χ0v) is 7.28. The predicted octanol–water partition coefficient (Wildman–Crippen LogP) is 1.37. The summed E-state index contributed by atoms with van der Waals surface area (Å²) in [5.74, 6) is 0.383. The van der Waals surface area contributed by atoms with Crippen molar-refractivity contribution < 1.29 is 9.32 Å². The number of nitrogens with one attached hydrogen (secondary N) is 2. The van der Waals surface area contributed by atoms with Gasteiger partial charge in [0.25, 0.3) is 0 Å². The molecule has 1 aromatic heterocycles. The van der Waals surface area contributed by atoms with Crippen molar-refractivity contribution in [2.45, 2.75) is 13.0 Å². The Labute approximate surface area is 75.8 Å². The average Bonchev–Trinajstić information content (AvgIpc) is 2.56. The van der Waals surface area contributed by atoms with E-state index >= 15 is 0 Å². The van der Waals surface area contributed by atoms with Gasteiger partial charge in [-0.1, -0.05) is 11.2 Å². The fraction of sp³-hybridized carbons (Fsp3) is 0.250. The Morgan fingerprint density at radius 2 is 2.62 bits per heavy atom. The molecule has 0 fully saturated rings. The zero-order chi connectivity index (χ0) is 9.68. The molecule has 1 rings (SSSR count). The SMILES string of the molecule is C=CC(C)NC(=O)Nc1ccon1. The number of nitrogens with zero attached hydrogens (tertiary/aromatic N) is 1. The van der Waals surface area contributed by atoms with Crippen LogP contribution < -0.4 is 10.6 Å². The highest BCUT2D eigenvalue weighted by Crippen LogP contribution is 2.00. The number of hydrogen-bond donors (Lipinski definition) is 2. The number of anilines is 1. The van der Waals surface area contributed by atoms with Crippen molar-refractivity contribution in [1.82, 2.24) is 10.5 Å². The Hall–Kier alpha value is -1.78. The maximum absolute atomic E-state index is 11.1. The Morgan fingerprint density at radius 1 is 1.85 bits per heavy atom. The van der Waals surface area contributed by atoms with Gasteiger partial charge in [-0.15, -0.1) is 6.58 Å². The van der Waals surface area contributed by atoms with Crippen LogP contribution in [0.3, 0.4) is 0 Å². The Balaban J connectivity index is 2.38. The van der Waals surface area contributed by atoms with Crippen molar-refractivity contribution in [3.05, 3.63) is 25.0 Å². The molecule has 1 atom stereocenters. The zero-order valence-electron chi connectivity index (χ0n) is 7.28. The van der Waals surface area contributed by atoms with Crippen LogP contribution in [-0.2, 0) is 0 Å². The molecule has 13 heavy (non-hydrogen) atoms. The lowest BCUT2D eigenvalue weighted by Crippen LogP contribution is -2.34. The molecule has 0 saturated carbocycles. The Kier molecular flexibility index (Phi) is 3.08. The van der Waals surface area contributed by atoms with E-state index < -0.39 is 0 Å². The summed E-state index contributed by atoms with van der Waals surface area (Å²) >= 11 is 0. The van der Waals surface area contributed by atoms with Crippen molar-refractivity contribution in [1.29, 1.82) is 0 Å². The van der Waals surface area contributed by atoms with E-state index in [4.69, 9.17) is 0 Å². The number of aromatic nitrogens is 1. The van der Waals surface area contributed by atoms with E-state index in [9.17, 15) is 4.79 Å². The normalized spacial score (nSPS) is 11.8. The van der Waals surface area contributed by atoms with Gasteiger partial charge < -0.3 is 9.84 Å². The second-order valence-electron chi connectivity index (χ2n) is 2.51. The molecule has 5 nitrogen and oxygen atoms in total. The third-order valence-corrected chi connectivity index (χ3v) is 1.39. The van der Waals surface area contributed by atoms with Gasteiger partial charge in [0.15, 0.2) is 5.82 Å². The molecular weight excluding hydrogens is 170 g/mol. The highest BCUT2D eigenvalue weighted by molar-refractivity contribution is 5.88. The van der Waals surface area contributed by atoms with Gasteiger partial charge in [-0.2, -0.15) is 0 Å². The molecular formula is C8H11N3O2. The number of hydrogen-bond acceptors (Lipinski definition) is 3. The number of urea groups is 1. The molecule has 2 N–H and O–H groups in total. The van der Waals surface area contributed by atoms with Gasteiger partial charge in [0.2, 0.25) is 0 Å². The summed E-state index contributed by atoms with van der Waals surface area (Å²) in [6.07, 6.45) is 3.01. The third-order valence-electron chi connectivity index (χ3n) is 1.39. The van der Waals surface area contributed by atoms with Crippen LogP contribution in [-0.4, -0.2) is 17.2 Å². The maximum atomic E-state index is 11.1. The predicted molar refractivity (Wildman–Crippen MR) is 48.3 cm³/mol. The first-order chi connectivity index (χ1) is 6.22. The molecule has 0 aromatic carbocycles. The minimum absolute atomic E-state index is 0.0769. The van der Waals surface area contributed by atoms with Crippen LogP contribution >= 0.6 is 0 Å². The van der Waals surface area contributed by atoms with E-state index in [1.54, 1.807) is 12.1 Å². The van der Waals surface area contributed by atoms with Gasteiger partial charge in [0.05, 0.1) is 0 Å². The summed E-state index contributed by atoms with van der Waals surface area (Å²) in [6, 6.07) is 1.14. The van der Waals surface area contributed by atoms with Crippen molar-refractivity contribution in [2.75, 3.05) is 5.32 Å². The van der Waals surface area contributed by atoms with Gasteiger partial charge >= 0.3 is 6.03 Å².